The van der Waals surface area contributed by atoms with Crippen molar-refractivity contribution >= 4 is 0 Å². The van der Waals surface area contributed by atoms with Crippen LogP contribution in [-0.4, -0.2) is 117 Å². The number of unbranched alkanes of at least 4 members (excludes halogenated alkanes) is 16. The normalized spacial score (nSPS) is 12.8. The molecule has 0 unspecified atom stereocenters. The van der Waals surface area contributed by atoms with Crippen molar-refractivity contribution < 1.29 is 27.9 Å². The van der Waals surface area contributed by atoms with Crippen molar-refractivity contribution in [2.24, 2.45) is 5.41 Å². The van der Waals surface area contributed by atoms with Gasteiger partial charge in [0, 0.05) is 38.1 Å². The summed E-state index contributed by atoms with van der Waals surface area (Å²) in [5, 5.41) is 0. The average Bonchev–Trinajstić information content (AvgIpc) is 3.00. The van der Waals surface area contributed by atoms with Gasteiger partial charge < -0.3 is 27.9 Å². The molecule has 0 bridgehead atoms. The van der Waals surface area contributed by atoms with E-state index in [0.717, 1.165) is 94.2 Å². The van der Waals surface area contributed by atoms with Crippen LogP contribution in [0.25, 0.3) is 0 Å². The van der Waals surface area contributed by atoms with Crippen LogP contribution >= 0.6 is 0 Å². The van der Waals surface area contributed by atoms with E-state index in [1.165, 1.54) is 122 Å². The summed E-state index contributed by atoms with van der Waals surface area (Å²) in [6.07, 6.45) is 28.2. The SMILES string of the molecule is CCCCCCCCCCCCOCC(CCCCCCCOCCCCCC)(COCCC[N+](C)(C)C)COCCC[N+](C)(C)C. The van der Waals surface area contributed by atoms with Crippen LogP contribution in [-0.2, 0) is 18.9 Å². The maximum atomic E-state index is 6.47. The largest absolute Gasteiger partial charge is 0.381 e. The van der Waals surface area contributed by atoms with Gasteiger partial charge in [0.25, 0.3) is 0 Å². The Morgan fingerprint density at radius 1 is 0.340 bits per heavy atom. The van der Waals surface area contributed by atoms with Crippen molar-refractivity contribution in [2.75, 3.05) is 108 Å². The van der Waals surface area contributed by atoms with Gasteiger partial charge in [0.2, 0.25) is 0 Å². The van der Waals surface area contributed by atoms with Crippen LogP contribution in [0, 0.1) is 5.41 Å². The van der Waals surface area contributed by atoms with Crippen molar-refractivity contribution in [3.8, 4) is 0 Å². The van der Waals surface area contributed by atoms with Crippen LogP contribution in [0.15, 0.2) is 0 Å². The molecule has 0 fully saturated rings. The molecular formula is C41H88N2O4+2. The summed E-state index contributed by atoms with van der Waals surface area (Å²) in [7, 11) is 13.6. The van der Waals surface area contributed by atoms with Crippen molar-refractivity contribution in [3.63, 3.8) is 0 Å². The molecule has 0 aliphatic rings. The molecule has 0 radical (unpaired) electrons. The van der Waals surface area contributed by atoms with Gasteiger partial charge in [-0.25, -0.2) is 0 Å². The molecule has 0 spiro atoms. The first kappa shape index (κ1) is 46.8. The molecule has 0 rings (SSSR count). The fourth-order valence-corrected chi connectivity index (χ4v) is 6.15. The maximum absolute atomic E-state index is 6.47. The molecule has 0 aromatic rings. The van der Waals surface area contributed by atoms with Gasteiger partial charge in [0.05, 0.1) is 88.4 Å². The minimum atomic E-state index is -0.0622. The Bertz CT molecular complexity index is 578. The average molecular weight is 673 g/mol. The highest BCUT2D eigenvalue weighted by molar-refractivity contribution is 4.80. The minimum Gasteiger partial charge on any atom is -0.381 e. The van der Waals surface area contributed by atoms with E-state index in [-0.39, 0.29) is 5.41 Å². The van der Waals surface area contributed by atoms with E-state index in [1.807, 2.05) is 0 Å². The Balaban J connectivity index is 4.83. The van der Waals surface area contributed by atoms with Gasteiger partial charge in [0.15, 0.2) is 0 Å². The summed E-state index contributed by atoms with van der Waals surface area (Å²) in [4.78, 5) is 0. The lowest BCUT2D eigenvalue weighted by molar-refractivity contribution is -0.870. The smallest absolute Gasteiger partial charge is 0.0802 e. The van der Waals surface area contributed by atoms with E-state index in [4.69, 9.17) is 18.9 Å². The zero-order valence-electron chi connectivity index (χ0n) is 33.7. The molecule has 0 saturated heterocycles. The number of hydrogen-bond acceptors (Lipinski definition) is 4. The highest BCUT2D eigenvalue weighted by Gasteiger charge is 2.31. The second-order valence-electron chi connectivity index (χ2n) is 16.8. The highest BCUT2D eigenvalue weighted by Crippen LogP contribution is 2.28. The first-order chi connectivity index (χ1) is 22.5. The van der Waals surface area contributed by atoms with Crippen LogP contribution in [0.2, 0.25) is 0 Å². The summed E-state index contributed by atoms with van der Waals surface area (Å²) in [5.41, 5.74) is -0.0622. The lowest BCUT2D eigenvalue weighted by Gasteiger charge is -2.34. The minimum absolute atomic E-state index is 0.0622. The van der Waals surface area contributed by atoms with E-state index in [0.29, 0.717) is 0 Å². The molecule has 0 atom stereocenters. The quantitative estimate of drug-likeness (QED) is 0.0483. The Labute approximate surface area is 296 Å². The number of nitrogens with zero attached hydrogens (tertiary/aromatic N) is 2. The van der Waals surface area contributed by atoms with E-state index in [2.05, 4.69) is 56.1 Å². The molecule has 0 aliphatic heterocycles. The number of rotatable bonds is 38. The van der Waals surface area contributed by atoms with Crippen LogP contribution in [0.3, 0.4) is 0 Å². The standard InChI is InChI=1S/C41H88N2O4/c1-9-11-13-15-16-17-18-19-22-27-35-45-38-41(39-46-36-28-31-42(3,4)5,40-47-37-29-32-43(6,7)8)30-24-21-20-23-26-34-44-33-25-14-12-10-2/h9-40H2,1-8H3/q+2. The third kappa shape index (κ3) is 35.4. The van der Waals surface area contributed by atoms with Gasteiger partial charge in [-0.2, -0.15) is 0 Å². The van der Waals surface area contributed by atoms with E-state index in [9.17, 15) is 0 Å². The predicted molar refractivity (Wildman–Crippen MR) is 204 cm³/mol. The molecule has 47 heavy (non-hydrogen) atoms. The van der Waals surface area contributed by atoms with Crippen molar-refractivity contribution in [3.05, 3.63) is 0 Å². The van der Waals surface area contributed by atoms with Crippen molar-refractivity contribution in [2.45, 2.75) is 155 Å². The summed E-state index contributed by atoms with van der Waals surface area (Å²) in [6.45, 7) is 13.4. The van der Waals surface area contributed by atoms with Crippen LogP contribution in [0.5, 0.6) is 0 Å². The van der Waals surface area contributed by atoms with Gasteiger partial charge in [-0.05, 0) is 25.7 Å². The van der Waals surface area contributed by atoms with Gasteiger partial charge in [0.1, 0.15) is 0 Å². The van der Waals surface area contributed by atoms with E-state index < -0.39 is 0 Å². The lowest BCUT2D eigenvalue weighted by Crippen LogP contribution is -2.39. The Morgan fingerprint density at radius 2 is 0.638 bits per heavy atom. The lowest BCUT2D eigenvalue weighted by atomic mass is 9.84. The molecule has 0 aromatic heterocycles. The predicted octanol–water partition coefficient (Wildman–Crippen LogP) is 10.1. The number of quaternary nitrogens is 2. The van der Waals surface area contributed by atoms with E-state index in [1.54, 1.807) is 0 Å². The number of hydrogen-bond donors (Lipinski definition) is 0. The highest BCUT2D eigenvalue weighted by atomic mass is 16.5. The molecule has 0 saturated carbocycles. The maximum Gasteiger partial charge on any atom is 0.0802 e. The zero-order chi connectivity index (χ0) is 35.0. The Hall–Kier alpha value is -0.240. The fourth-order valence-electron chi connectivity index (χ4n) is 6.15. The fraction of sp³-hybridized carbons (Fsp3) is 1.00. The molecule has 0 aromatic carbocycles. The first-order valence-corrected chi connectivity index (χ1v) is 20.5. The third-order valence-corrected chi connectivity index (χ3v) is 9.24. The van der Waals surface area contributed by atoms with Crippen LogP contribution in [0.1, 0.15) is 155 Å². The Morgan fingerprint density at radius 3 is 1.02 bits per heavy atom. The van der Waals surface area contributed by atoms with Gasteiger partial charge in [-0.3, -0.25) is 0 Å². The van der Waals surface area contributed by atoms with Crippen molar-refractivity contribution in [1.82, 2.24) is 0 Å². The number of ether oxygens (including phenoxy) is 4. The first-order valence-electron chi connectivity index (χ1n) is 20.5. The molecule has 6 heteroatoms. The van der Waals surface area contributed by atoms with Crippen LogP contribution < -0.4 is 0 Å². The third-order valence-electron chi connectivity index (χ3n) is 9.24. The summed E-state index contributed by atoms with van der Waals surface area (Å²) >= 11 is 0. The van der Waals surface area contributed by atoms with Gasteiger partial charge >= 0.3 is 0 Å². The summed E-state index contributed by atoms with van der Waals surface area (Å²) in [6, 6.07) is 0. The molecule has 6 nitrogen and oxygen atoms in total. The van der Waals surface area contributed by atoms with Gasteiger partial charge in [-0.15, -0.1) is 0 Å². The van der Waals surface area contributed by atoms with Crippen molar-refractivity contribution in [1.29, 1.82) is 0 Å². The molecule has 0 aliphatic carbocycles. The molecule has 0 heterocycles. The topological polar surface area (TPSA) is 36.9 Å². The van der Waals surface area contributed by atoms with E-state index >= 15 is 0 Å². The van der Waals surface area contributed by atoms with Crippen LogP contribution in [0.4, 0.5) is 0 Å². The zero-order valence-corrected chi connectivity index (χ0v) is 33.7. The summed E-state index contributed by atoms with van der Waals surface area (Å²) in [5.74, 6) is 0. The molecule has 0 amide bonds. The van der Waals surface area contributed by atoms with Gasteiger partial charge in [-0.1, -0.05) is 117 Å². The molecule has 0 N–H and O–H groups in total. The second kappa shape index (κ2) is 31.7. The summed E-state index contributed by atoms with van der Waals surface area (Å²) < 4.78 is 27.2. The Kier molecular flexibility index (Phi) is 31.6. The monoisotopic (exact) mass is 673 g/mol. The second-order valence-corrected chi connectivity index (χ2v) is 16.8. The molecule has 284 valence electrons. The molecular weight excluding hydrogens is 584 g/mol.